The van der Waals surface area contributed by atoms with E-state index in [1.165, 1.54) is 0 Å². The molecule has 0 aliphatic carbocycles. The highest BCUT2D eigenvalue weighted by Gasteiger charge is 2.35. The van der Waals surface area contributed by atoms with E-state index in [4.69, 9.17) is 0 Å². The summed E-state index contributed by atoms with van der Waals surface area (Å²) < 4.78 is 0. The average molecular weight is 212 g/mol. The summed E-state index contributed by atoms with van der Waals surface area (Å²) in [6.07, 6.45) is 2.13. The summed E-state index contributed by atoms with van der Waals surface area (Å²) >= 11 is 0. The van der Waals surface area contributed by atoms with E-state index >= 15 is 0 Å². The summed E-state index contributed by atoms with van der Waals surface area (Å²) in [5.74, 6) is 1.95. The molecule has 0 aromatic carbocycles. The zero-order valence-corrected chi connectivity index (χ0v) is 9.87. The smallest absolute Gasteiger partial charge is 0.0733 e. The highest BCUT2D eigenvalue weighted by molar-refractivity contribution is 4.92. The van der Waals surface area contributed by atoms with E-state index in [0.717, 1.165) is 44.3 Å². The third-order valence-corrected chi connectivity index (χ3v) is 4.14. The van der Waals surface area contributed by atoms with E-state index in [-0.39, 0.29) is 6.10 Å². The molecule has 0 radical (unpaired) electrons. The molecule has 3 heteroatoms. The van der Waals surface area contributed by atoms with Crippen molar-refractivity contribution in [3.8, 4) is 0 Å². The van der Waals surface area contributed by atoms with Crippen LogP contribution in [0.3, 0.4) is 0 Å². The van der Waals surface area contributed by atoms with Gasteiger partial charge in [0.1, 0.15) is 0 Å². The predicted octanol–water partition coefficient (Wildman–Crippen LogP) is 0.591. The van der Waals surface area contributed by atoms with Crippen LogP contribution < -0.4 is 10.6 Å². The molecule has 4 atom stereocenters. The van der Waals surface area contributed by atoms with E-state index < -0.39 is 0 Å². The Morgan fingerprint density at radius 1 is 1.20 bits per heavy atom. The van der Waals surface area contributed by atoms with Crippen molar-refractivity contribution in [1.82, 2.24) is 10.6 Å². The van der Waals surface area contributed by atoms with Gasteiger partial charge in [-0.05, 0) is 37.8 Å². The van der Waals surface area contributed by atoms with Crippen molar-refractivity contribution in [3.05, 3.63) is 0 Å². The highest BCUT2D eigenvalue weighted by Crippen LogP contribution is 2.27. The van der Waals surface area contributed by atoms with E-state index in [0.29, 0.717) is 12.0 Å². The van der Waals surface area contributed by atoms with Crippen LogP contribution >= 0.6 is 0 Å². The van der Waals surface area contributed by atoms with Crippen molar-refractivity contribution < 1.29 is 5.11 Å². The fraction of sp³-hybridized carbons (Fsp3) is 1.00. The minimum Gasteiger partial charge on any atom is -0.391 e. The lowest BCUT2D eigenvalue weighted by molar-refractivity contribution is 0.0813. The maximum absolute atomic E-state index is 10.2. The summed E-state index contributed by atoms with van der Waals surface area (Å²) in [6, 6.07) is 0.335. The molecule has 3 nitrogen and oxygen atoms in total. The van der Waals surface area contributed by atoms with Crippen molar-refractivity contribution in [2.24, 2.45) is 17.8 Å². The van der Waals surface area contributed by atoms with Crippen molar-refractivity contribution >= 4 is 0 Å². The first-order valence-corrected chi connectivity index (χ1v) is 6.30. The Hall–Kier alpha value is -0.120. The summed E-state index contributed by atoms with van der Waals surface area (Å²) in [5, 5.41) is 17.1. The molecule has 2 heterocycles. The van der Waals surface area contributed by atoms with E-state index in [1.807, 2.05) is 0 Å². The minimum absolute atomic E-state index is 0.149. The van der Waals surface area contributed by atoms with Crippen LogP contribution in [-0.4, -0.2) is 36.9 Å². The summed E-state index contributed by atoms with van der Waals surface area (Å²) in [5.41, 5.74) is 0. The molecule has 3 N–H and O–H groups in total. The molecule has 0 aromatic heterocycles. The van der Waals surface area contributed by atoms with Gasteiger partial charge in [0, 0.05) is 18.5 Å². The molecule has 0 saturated carbocycles. The lowest BCUT2D eigenvalue weighted by Crippen LogP contribution is -2.40. The zero-order valence-electron chi connectivity index (χ0n) is 9.87. The van der Waals surface area contributed by atoms with Gasteiger partial charge in [-0.1, -0.05) is 13.8 Å². The van der Waals surface area contributed by atoms with Crippen molar-refractivity contribution in [1.29, 1.82) is 0 Å². The topological polar surface area (TPSA) is 44.3 Å². The van der Waals surface area contributed by atoms with E-state index in [1.54, 1.807) is 0 Å². The van der Waals surface area contributed by atoms with Gasteiger partial charge in [0.05, 0.1) is 6.10 Å². The lowest BCUT2D eigenvalue weighted by atomic mass is 9.88. The van der Waals surface area contributed by atoms with E-state index in [2.05, 4.69) is 24.5 Å². The Kier molecular flexibility index (Phi) is 3.65. The number of rotatable bonds is 3. The van der Waals surface area contributed by atoms with E-state index in [9.17, 15) is 5.11 Å². The van der Waals surface area contributed by atoms with Crippen LogP contribution in [0.4, 0.5) is 0 Å². The first-order valence-electron chi connectivity index (χ1n) is 6.30. The molecule has 0 unspecified atom stereocenters. The monoisotopic (exact) mass is 212 g/mol. The summed E-state index contributed by atoms with van der Waals surface area (Å²) in [4.78, 5) is 0. The third kappa shape index (κ3) is 2.52. The van der Waals surface area contributed by atoms with Gasteiger partial charge in [-0.2, -0.15) is 0 Å². The van der Waals surface area contributed by atoms with Crippen LogP contribution in [0.25, 0.3) is 0 Å². The second-order valence-electron chi connectivity index (χ2n) is 5.50. The molecule has 2 aliphatic heterocycles. The Morgan fingerprint density at radius 3 is 2.53 bits per heavy atom. The standard InChI is InChI=1S/C12H24N2O/c1-8(2)10-5-11(14-7-10)12(15)9-3-4-13-6-9/h8-15H,3-7H2,1-2H3/t9-,10+,11+,12-/m1/s1. The summed E-state index contributed by atoms with van der Waals surface area (Å²) in [7, 11) is 0. The first-order chi connectivity index (χ1) is 7.18. The van der Waals surface area contributed by atoms with Gasteiger partial charge in [-0.25, -0.2) is 0 Å². The van der Waals surface area contributed by atoms with Gasteiger partial charge in [-0.3, -0.25) is 0 Å². The molecular formula is C12H24N2O. The number of aliphatic hydroxyl groups is 1. The maximum atomic E-state index is 10.2. The third-order valence-electron chi connectivity index (χ3n) is 4.14. The predicted molar refractivity (Wildman–Crippen MR) is 61.7 cm³/mol. The second kappa shape index (κ2) is 4.81. The zero-order chi connectivity index (χ0) is 10.8. The number of nitrogens with one attached hydrogen (secondary N) is 2. The fourth-order valence-electron chi connectivity index (χ4n) is 2.86. The van der Waals surface area contributed by atoms with Gasteiger partial charge in [0.15, 0.2) is 0 Å². The van der Waals surface area contributed by atoms with Crippen LogP contribution in [0.15, 0.2) is 0 Å². The quantitative estimate of drug-likeness (QED) is 0.641. The lowest BCUT2D eigenvalue weighted by Gasteiger charge is -2.24. The van der Waals surface area contributed by atoms with Gasteiger partial charge in [0.25, 0.3) is 0 Å². The first kappa shape index (κ1) is 11.4. The molecule has 2 saturated heterocycles. The Balaban J connectivity index is 1.84. The highest BCUT2D eigenvalue weighted by atomic mass is 16.3. The Bertz CT molecular complexity index is 202. The molecule has 15 heavy (non-hydrogen) atoms. The van der Waals surface area contributed by atoms with Crippen LogP contribution in [-0.2, 0) is 0 Å². The molecule has 0 aromatic rings. The van der Waals surface area contributed by atoms with Gasteiger partial charge in [0.2, 0.25) is 0 Å². The molecule has 0 amide bonds. The molecule has 88 valence electrons. The average Bonchev–Trinajstić information content (AvgIpc) is 2.88. The normalized spacial score (nSPS) is 38.8. The molecule has 2 fully saturated rings. The Morgan fingerprint density at radius 2 is 2.00 bits per heavy atom. The molecule has 0 spiro atoms. The molecule has 0 bridgehead atoms. The fourth-order valence-corrected chi connectivity index (χ4v) is 2.86. The maximum Gasteiger partial charge on any atom is 0.0733 e. The SMILES string of the molecule is CC(C)[C@@H]1CN[C@H]([C@H](O)[C@@H]2CCNC2)C1. The van der Waals surface area contributed by atoms with Crippen molar-refractivity contribution in [2.45, 2.75) is 38.8 Å². The molecule has 2 aliphatic rings. The van der Waals surface area contributed by atoms with Crippen LogP contribution in [0, 0.1) is 17.8 Å². The molecular weight excluding hydrogens is 188 g/mol. The Labute approximate surface area is 92.6 Å². The van der Waals surface area contributed by atoms with Crippen LogP contribution in [0.5, 0.6) is 0 Å². The van der Waals surface area contributed by atoms with Gasteiger partial charge in [-0.15, -0.1) is 0 Å². The van der Waals surface area contributed by atoms with Gasteiger partial charge >= 0.3 is 0 Å². The van der Waals surface area contributed by atoms with Crippen molar-refractivity contribution in [3.63, 3.8) is 0 Å². The number of hydrogen-bond acceptors (Lipinski definition) is 3. The van der Waals surface area contributed by atoms with Crippen LogP contribution in [0.1, 0.15) is 26.7 Å². The number of aliphatic hydroxyl groups excluding tert-OH is 1. The van der Waals surface area contributed by atoms with Crippen LogP contribution in [0.2, 0.25) is 0 Å². The second-order valence-corrected chi connectivity index (χ2v) is 5.50. The number of hydrogen-bond donors (Lipinski definition) is 3. The molecule has 2 rings (SSSR count). The van der Waals surface area contributed by atoms with Crippen molar-refractivity contribution in [2.75, 3.05) is 19.6 Å². The summed E-state index contributed by atoms with van der Waals surface area (Å²) in [6.45, 7) is 7.70. The largest absolute Gasteiger partial charge is 0.391 e. The van der Waals surface area contributed by atoms with Gasteiger partial charge < -0.3 is 15.7 Å². The minimum atomic E-state index is -0.149.